The van der Waals surface area contributed by atoms with Crippen LogP contribution in [0, 0.1) is 11.6 Å². The predicted molar refractivity (Wildman–Crippen MR) is 145 cm³/mol. The van der Waals surface area contributed by atoms with Crippen LogP contribution in [0.1, 0.15) is 10.4 Å². The first-order chi connectivity index (χ1) is 19.9. The molecule has 4 heterocycles. The lowest BCUT2D eigenvalue weighted by molar-refractivity contribution is -0.905. The summed E-state index contributed by atoms with van der Waals surface area (Å²) < 4.78 is 45.7. The number of aromatic nitrogens is 1. The molecular formula is C26H27F3N5O7S+. The zero-order valence-electron chi connectivity index (χ0n) is 22.3. The maximum atomic E-state index is 15.9. The molecule has 2 amide bonds. The van der Waals surface area contributed by atoms with Crippen molar-refractivity contribution in [2.24, 2.45) is 0 Å². The van der Waals surface area contributed by atoms with Gasteiger partial charge >= 0.3 is 11.9 Å². The van der Waals surface area contributed by atoms with Gasteiger partial charge in [-0.15, -0.1) is 11.8 Å². The van der Waals surface area contributed by atoms with Crippen LogP contribution in [0.15, 0.2) is 28.3 Å². The number of carboxylic acid groups (broad SMARTS) is 2. The van der Waals surface area contributed by atoms with E-state index in [9.17, 15) is 38.6 Å². The van der Waals surface area contributed by atoms with Crippen LogP contribution in [0.5, 0.6) is 0 Å². The van der Waals surface area contributed by atoms with Crippen molar-refractivity contribution in [2.75, 3.05) is 57.1 Å². The molecule has 2 atom stereocenters. The van der Waals surface area contributed by atoms with Crippen LogP contribution < -0.4 is 15.6 Å². The van der Waals surface area contributed by atoms with Gasteiger partial charge in [0, 0.05) is 17.5 Å². The molecule has 0 radical (unpaired) electrons. The second-order valence-electron chi connectivity index (χ2n) is 10.6. The van der Waals surface area contributed by atoms with Crippen molar-refractivity contribution < 1.29 is 47.0 Å². The van der Waals surface area contributed by atoms with Crippen molar-refractivity contribution >= 4 is 52.6 Å². The number of amides is 2. The summed E-state index contributed by atoms with van der Waals surface area (Å²) in [5, 5.41) is 20.6. The summed E-state index contributed by atoms with van der Waals surface area (Å²) in [5.74, 6) is -5.22. The molecule has 1 aromatic heterocycles. The summed E-state index contributed by atoms with van der Waals surface area (Å²) in [6.07, 6.45) is 1.25. The molecule has 12 nitrogen and oxygen atoms in total. The van der Waals surface area contributed by atoms with Gasteiger partial charge in [-0.1, -0.05) is 0 Å². The predicted octanol–water partition coefficient (Wildman–Crippen LogP) is 0.582. The molecule has 0 bridgehead atoms. The number of aryl methyl sites for hydroxylation is 1. The molecule has 1 aromatic carbocycles. The summed E-state index contributed by atoms with van der Waals surface area (Å²) in [7, 11) is 1.87. The number of nitrogens with zero attached hydrogens (tertiary/aromatic N) is 4. The number of hydrogen-bond acceptors (Lipinski definition) is 7. The van der Waals surface area contributed by atoms with Crippen LogP contribution in [0.25, 0.3) is 10.9 Å². The van der Waals surface area contributed by atoms with Crippen molar-refractivity contribution in [2.45, 2.75) is 18.0 Å². The Kier molecular flexibility index (Phi) is 7.70. The largest absolute Gasteiger partial charge is 0.477 e. The number of thioether (sulfide) groups is 1. The fourth-order valence-corrected chi connectivity index (χ4v) is 7.22. The van der Waals surface area contributed by atoms with Crippen molar-refractivity contribution in [3.05, 3.63) is 51.0 Å². The number of rotatable bonds is 9. The number of pyridine rings is 1. The van der Waals surface area contributed by atoms with Crippen molar-refractivity contribution in [3.63, 3.8) is 0 Å². The minimum absolute atomic E-state index is 0.118. The van der Waals surface area contributed by atoms with Gasteiger partial charge in [0.25, 0.3) is 5.91 Å². The Balaban J connectivity index is 1.41. The number of benzene rings is 1. The van der Waals surface area contributed by atoms with Crippen LogP contribution in [-0.2, 0) is 20.9 Å². The molecular weight excluding hydrogens is 583 g/mol. The highest BCUT2D eigenvalue weighted by molar-refractivity contribution is 8.00. The van der Waals surface area contributed by atoms with Crippen LogP contribution in [0.4, 0.5) is 18.9 Å². The number of aromatic carboxylic acids is 1. The molecule has 2 fully saturated rings. The number of nitrogens with one attached hydrogen (secondary N) is 1. The third-order valence-electron chi connectivity index (χ3n) is 7.99. The van der Waals surface area contributed by atoms with Gasteiger partial charge in [-0.3, -0.25) is 19.3 Å². The molecule has 3 aliphatic heterocycles. The maximum Gasteiger partial charge on any atom is 0.352 e. The highest BCUT2D eigenvalue weighted by Gasteiger charge is 2.54. The quantitative estimate of drug-likeness (QED) is 0.211. The molecule has 3 aliphatic rings. The van der Waals surface area contributed by atoms with E-state index < -0.39 is 81.7 Å². The van der Waals surface area contributed by atoms with Crippen molar-refractivity contribution in [1.82, 2.24) is 14.8 Å². The van der Waals surface area contributed by atoms with E-state index in [-0.39, 0.29) is 25.3 Å². The monoisotopic (exact) mass is 610 g/mol. The molecule has 2 aromatic rings. The fourth-order valence-electron chi connectivity index (χ4n) is 5.88. The zero-order valence-corrected chi connectivity index (χ0v) is 23.1. The molecule has 0 unspecified atom stereocenters. The lowest BCUT2D eigenvalue weighted by atomic mass is 10.0. The number of likely N-dealkylation sites (N-methyl/N-ethyl adjacent to an activating group) is 1. The van der Waals surface area contributed by atoms with Gasteiger partial charge in [-0.2, -0.15) is 0 Å². The summed E-state index contributed by atoms with van der Waals surface area (Å²) in [6.45, 7) is -0.167. The molecule has 0 spiro atoms. The highest BCUT2D eigenvalue weighted by atomic mass is 32.2. The normalized spacial score (nSPS) is 21.7. The number of piperazine rings is 1. The van der Waals surface area contributed by atoms with Gasteiger partial charge < -0.3 is 29.5 Å². The first-order valence-electron chi connectivity index (χ1n) is 12.9. The number of anilines is 1. The fraction of sp³-hybridized carbons (Fsp3) is 0.423. The van der Waals surface area contributed by atoms with Gasteiger partial charge in [-0.05, 0) is 6.07 Å². The number of quaternary nitrogens is 1. The number of β-lactam (4-membered cyclic amide) rings is 1. The molecule has 0 aliphatic carbocycles. The Hall–Kier alpha value is -4.05. The molecule has 0 saturated carbocycles. The smallest absolute Gasteiger partial charge is 0.352 e. The lowest BCUT2D eigenvalue weighted by Gasteiger charge is -2.50. The maximum absolute atomic E-state index is 15.9. The summed E-state index contributed by atoms with van der Waals surface area (Å²) in [4.78, 5) is 62.3. The van der Waals surface area contributed by atoms with E-state index >= 15 is 8.78 Å². The second kappa shape index (κ2) is 11.0. The molecule has 2 saturated heterocycles. The third-order valence-corrected chi connectivity index (χ3v) is 9.33. The third kappa shape index (κ3) is 4.77. The van der Waals surface area contributed by atoms with Crippen LogP contribution in [0.2, 0.25) is 0 Å². The lowest BCUT2D eigenvalue weighted by Crippen LogP contribution is -2.70. The first kappa shape index (κ1) is 29.4. The number of carbonyl (C=O) groups is 4. The van der Waals surface area contributed by atoms with Gasteiger partial charge in [0.05, 0.1) is 50.7 Å². The van der Waals surface area contributed by atoms with E-state index in [4.69, 9.17) is 0 Å². The molecule has 16 heteroatoms. The van der Waals surface area contributed by atoms with E-state index in [1.807, 2.05) is 7.05 Å². The summed E-state index contributed by atoms with van der Waals surface area (Å²) >= 11 is 1.34. The van der Waals surface area contributed by atoms with E-state index in [1.54, 1.807) is 0 Å². The van der Waals surface area contributed by atoms with E-state index in [0.29, 0.717) is 35.3 Å². The number of alkyl halides is 1. The van der Waals surface area contributed by atoms with E-state index in [1.165, 1.54) is 21.6 Å². The van der Waals surface area contributed by atoms with Crippen molar-refractivity contribution in [1.29, 1.82) is 0 Å². The molecule has 5 rings (SSSR count). The minimum Gasteiger partial charge on any atom is -0.477 e. The summed E-state index contributed by atoms with van der Waals surface area (Å²) in [5.41, 5.74) is -2.22. The minimum atomic E-state index is -1.60. The van der Waals surface area contributed by atoms with Gasteiger partial charge in [0.1, 0.15) is 47.4 Å². The van der Waals surface area contributed by atoms with Crippen LogP contribution in [-0.4, -0.2) is 112 Å². The molecule has 3 N–H and O–H groups in total. The Morgan fingerprint density at radius 1 is 1.19 bits per heavy atom. The summed E-state index contributed by atoms with van der Waals surface area (Å²) in [6, 6.07) is -0.0171. The van der Waals surface area contributed by atoms with Crippen LogP contribution >= 0.6 is 11.8 Å². The number of carbonyl (C=O) groups excluding carboxylic acids is 2. The van der Waals surface area contributed by atoms with Crippen molar-refractivity contribution in [3.8, 4) is 0 Å². The van der Waals surface area contributed by atoms with E-state index in [0.717, 1.165) is 16.8 Å². The Morgan fingerprint density at radius 3 is 2.48 bits per heavy atom. The van der Waals surface area contributed by atoms with Gasteiger partial charge in [-0.25, -0.2) is 22.8 Å². The topological polar surface area (TPSA) is 149 Å². The zero-order chi connectivity index (χ0) is 30.5. The van der Waals surface area contributed by atoms with E-state index in [2.05, 4.69) is 5.32 Å². The molecule has 224 valence electrons. The Morgan fingerprint density at radius 2 is 1.88 bits per heavy atom. The average molecular weight is 611 g/mol. The number of carboxylic acids is 2. The number of halogens is 3. The Labute approximate surface area is 240 Å². The first-order valence-corrected chi connectivity index (χ1v) is 14.0. The Bertz CT molecular complexity index is 1610. The number of aliphatic carboxylic acids is 1. The van der Waals surface area contributed by atoms with Gasteiger partial charge in [0.15, 0.2) is 5.82 Å². The second-order valence-corrected chi connectivity index (χ2v) is 11.7. The number of fused-ring (bicyclic) bond motifs is 2. The van der Waals surface area contributed by atoms with Crippen LogP contribution in [0.3, 0.4) is 0 Å². The standard InChI is InChI=1S/C26H26F3N5O7S/c1-34(10-13-11-42-24-18(30-12-35)23(37)33(24)19(13)26(40)41)6-4-31(5-7-34)21-16(28)8-14-20(17(21)29)32(3-2-27)9-15(22(14)36)25(38)39/h8-9,12,18,24H,2-7,10-11H2,1H3,(H2-,30,35,38,39,40,41)/p+1/t18-,24-/m1/s1. The average Bonchev–Trinajstić information content (AvgIpc) is 2.93. The van der Waals surface area contributed by atoms with Gasteiger partial charge in [0.2, 0.25) is 11.8 Å². The molecule has 42 heavy (non-hydrogen) atoms. The number of hydrogen-bond donors (Lipinski definition) is 3. The SMILES string of the molecule is C[N+]1(CC2=C(C(=O)O)N3C(=O)[C@@H](NC=O)[C@H]3SC2)CCN(c2c(F)cc3c(=O)c(C(=O)O)cn(CCF)c3c2F)CC1. The highest BCUT2D eigenvalue weighted by Crippen LogP contribution is 2.41.